The van der Waals surface area contributed by atoms with Crippen LogP contribution in [-0.2, 0) is 11.3 Å². The highest BCUT2D eigenvalue weighted by molar-refractivity contribution is 7.10. The average molecular weight is 533 g/mol. The highest BCUT2D eigenvalue weighted by Crippen LogP contribution is 2.31. The summed E-state index contributed by atoms with van der Waals surface area (Å²) in [6.45, 7) is 4.55. The van der Waals surface area contributed by atoms with Crippen molar-refractivity contribution in [2.45, 2.75) is 25.4 Å². The van der Waals surface area contributed by atoms with Gasteiger partial charge in [-0.25, -0.2) is 19.6 Å². The van der Waals surface area contributed by atoms with Crippen LogP contribution in [0.15, 0.2) is 48.0 Å². The summed E-state index contributed by atoms with van der Waals surface area (Å²) in [5.74, 6) is 0.496. The molecule has 1 N–H and O–H groups in total. The van der Waals surface area contributed by atoms with E-state index in [1.165, 1.54) is 11.3 Å². The maximum Gasteiger partial charge on any atom is 0.338 e. The van der Waals surface area contributed by atoms with Crippen molar-refractivity contribution in [2.75, 3.05) is 49.5 Å². The highest BCUT2D eigenvalue weighted by Gasteiger charge is 2.30. The van der Waals surface area contributed by atoms with E-state index in [4.69, 9.17) is 4.74 Å². The molecule has 0 atom stereocenters. The summed E-state index contributed by atoms with van der Waals surface area (Å²) in [6, 6.07) is 11.2. The number of fused-ring (bicyclic) bond motifs is 1. The number of carbonyl (C=O) groups is 3. The fourth-order valence-corrected chi connectivity index (χ4v) is 6.12. The predicted octanol–water partition coefficient (Wildman–Crippen LogP) is 3.58. The van der Waals surface area contributed by atoms with Gasteiger partial charge in [-0.1, -0.05) is 12.1 Å². The number of amides is 3. The van der Waals surface area contributed by atoms with Crippen molar-refractivity contribution >= 4 is 40.7 Å². The number of hydrogen-bond acceptors (Lipinski definition) is 8. The zero-order chi connectivity index (χ0) is 26.1. The van der Waals surface area contributed by atoms with Crippen LogP contribution in [0.5, 0.6) is 0 Å². The van der Waals surface area contributed by atoms with Gasteiger partial charge in [0.2, 0.25) is 0 Å². The first kappa shape index (κ1) is 24.4. The number of esters is 1. The van der Waals surface area contributed by atoms with Gasteiger partial charge in [0.05, 0.1) is 10.6 Å². The van der Waals surface area contributed by atoms with Crippen LogP contribution in [0.4, 0.5) is 16.3 Å². The van der Waals surface area contributed by atoms with E-state index in [0.29, 0.717) is 43.1 Å². The number of thiazole rings is 1. The molecule has 0 spiro atoms. The van der Waals surface area contributed by atoms with Crippen LogP contribution in [0, 0.1) is 0 Å². The Morgan fingerprint density at radius 3 is 2.55 bits per heavy atom. The lowest BCUT2D eigenvalue weighted by molar-refractivity contribution is 0.0535. The summed E-state index contributed by atoms with van der Waals surface area (Å²) in [6.07, 6.45) is 3.43. The molecule has 0 saturated carbocycles. The minimum Gasteiger partial charge on any atom is -0.457 e. The minimum absolute atomic E-state index is 0.0987. The van der Waals surface area contributed by atoms with Gasteiger partial charge in [0, 0.05) is 68.0 Å². The fraction of sp³-hybridized carbons (Fsp3) is 0.370. The van der Waals surface area contributed by atoms with E-state index < -0.39 is 0 Å². The zero-order valence-electron chi connectivity index (χ0n) is 20.8. The first-order valence-corrected chi connectivity index (χ1v) is 13.7. The lowest BCUT2D eigenvalue weighted by Crippen LogP contribution is -2.54. The number of aromatic nitrogens is 2. The van der Waals surface area contributed by atoms with E-state index >= 15 is 0 Å². The molecule has 196 valence electrons. The monoisotopic (exact) mass is 532 g/mol. The van der Waals surface area contributed by atoms with Crippen LogP contribution in [0.25, 0.3) is 0 Å². The largest absolute Gasteiger partial charge is 0.457 e. The summed E-state index contributed by atoms with van der Waals surface area (Å²) >= 11 is 1.48. The van der Waals surface area contributed by atoms with Crippen molar-refractivity contribution in [2.24, 2.45) is 0 Å². The highest BCUT2D eigenvalue weighted by atomic mass is 32.1. The molecule has 2 fully saturated rings. The molecule has 6 rings (SSSR count). The van der Waals surface area contributed by atoms with E-state index in [1.807, 2.05) is 28.0 Å². The van der Waals surface area contributed by atoms with Gasteiger partial charge < -0.3 is 24.8 Å². The number of cyclic esters (lactones) is 1. The molecule has 2 saturated heterocycles. The number of carbonyl (C=O) groups excluding carboxylic acids is 3. The average Bonchev–Trinajstić information content (AvgIpc) is 3.61. The topological polar surface area (TPSA) is 108 Å². The molecule has 10 nitrogen and oxygen atoms in total. The number of urea groups is 1. The Hall–Kier alpha value is -3.99. The number of hydrogen-bond donors (Lipinski definition) is 1. The van der Waals surface area contributed by atoms with Crippen molar-refractivity contribution in [3.8, 4) is 0 Å². The van der Waals surface area contributed by atoms with Gasteiger partial charge in [0.25, 0.3) is 5.91 Å². The second-order valence-corrected chi connectivity index (χ2v) is 10.6. The molecule has 0 unspecified atom stereocenters. The van der Waals surface area contributed by atoms with Gasteiger partial charge in [0.1, 0.15) is 18.1 Å². The molecule has 2 aromatic heterocycles. The summed E-state index contributed by atoms with van der Waals surface area (Å²) < 4.78 is 5.02. The molecule has 0 aliphatic carbocycles. The van der Waals surface area contributed by atoms with Gasteiger partial charge in [-0.15, -0.1) is 11.3 Å². The van der Waals surface area contributed by atoms with Crippen LogP contribution in [-0.4, -0.2) is 76.9 Å². The smallest absolute Gasteiger partial charge is 0.338 e. The molecule has 3 aliphatic heterocycles. The zero-order valence-corrected chi connectivity index (χ0v) is 21.7. The Morgan fingerprint density at radius 1 is 1.00 bits per heavy atom. The number of likely N-dealkylation sites (tertiary alicyclic amines) is 1. The van der Waals surface area contributed by atoms with Crippen LogP contribution < -0.4 is 10.2 Å². The maximum absolute atomic E-state index is 13.1. The normalized spacial score (nSPS) is 17.8. The van der Waals surface area contributed by atoms with Crippen LogP contribution in [0.1, 0.15) is 50.2 Å². The second kappa shape index (κ2) is 10.4. The van der Waals surface area contributed by atoms with E-state index in [0.717, 1.165) is 42.3 Å². The summed E-state index contributed by atoms with van der Waals surface area (Å²) in [5.41, 5.74) is 2.20. The number of piperazine rings is 1. The van der Waals surface area contributed by atoms with Crippen molar-refractivity contribution in [3.63, 3.8) is 0 Å². The molecule has 0 radical (unpaired) electrons. The Bertz CT molecular complexity index is 1350. The quantitative estimate of drug-likeness (QED) is 0.512. The third-order valence-corrected chi connectivity index (χ3v) is 8.35. The number of rotatable bonds is 4. The number of nitrogens with one attached hydrogen (secondary N) is 1. The molecule has 11 heteroatoms. The van der Waals surface area contributed by atoms with Crippen molar-refractivity contribution in [1.82, 2.24) is 19.8 Å². The molecular weight excluding hydrogens is 504 g/mol. The second-order valence-electron chi connectivity index (χ2n) is 9.68. The molecule has 3 amide bonds. The van der Waals surface area contributed by atoms with Crippen molar-refractivity contribution < 1.29 is 19.1 Å². The number of benzene rings is 1. The Labute approximate surface area is 224 Å². The first-order chi connectivity index (χ1) is 18.5. The summed E-state index contributed by atoms with van der Waals surface area (Å²) in [5, 5.41) is 5.52. The predicted molar refractivity (Wildman–Crippen MR) is 143 cm³/mol. The molecule has 3 aromatic rings. The van der Waals surface area contributed by atoms with E-state index in [-0.39, 0.29) is 30.4 Å². The number of anilines is 2. The Balaban J connectivity index is 0.999. The lowest BCUT2D eigenvalue weighted by Gasteiger charge is -2.39. The number of ether oxygens (including phenoxy) is 1. The van der Waals surface area contributed by atoms with E-state index in [2.05, 4.69) is 20.2 Å². The van der Waals surface area contributed by atoms with Crippen molar-refractivity contribution in [3.05, 3.63) is 69.8 Å². The van der Waals surface area contributed by atoms with Gasteiger partial charge in [0.15, 0.2) is 0 Å². The number of piperidine rings is 1. The fourth-order valence-electron chi connectivity index (χ4n) is 5.15. The lowest BCUT2D eigenvalue weighted by atomic mass is 9.98. The summed E-state index contributed by atoms with van der Waals surface area (Å²) in [4.78, 5) is 52.8. The van der Waals surface area contributed by atoms with Gasteiger partial charge in [-0.3, -0.25) is 4.79 Å². The first-order valence-electron chi connectivity index (χ1n) is 12.8. The van der Waals surface area contributed by atoms with Crippen LogP contribution in [0.3, 0.4) is 0 Å². The molecule has 3 aliphatic rings. The molecular formula is C27H28N6O4S. The standard InChI is InChI=1S/C27H28N6O4S/c34-24(29-20-5-4-19-16-37-26(35)21(19)15-20)22-17-38-25(30-22)18-6-9-32(10-7-18)27(36)33-13-11-31(12-14-33)23-3-1-2-8-28-23/h1-5,8,15,17-18H,6-7,9-14,16H2,(H,29,34). The molecule has 38 heavy (non-hydrogen) atoms. The van der Waals surface area contributed by atoms with E-state index in [9.17, 15) is 14.4 Å². The maximum atomic E-state index is 13.1. The number of pyridine rings is 1. The third kappa shape index (κ3) is 4.93. The van der Waals surface area contributed by atoms with Gasteiger partial charge in [-0.05, 0) is 37.1 Å². The molecule has 1 aromatic carbocycles. The van der Waals surface area contributed by atoms with Crippen LogP contribution in [0.2, 0.25) is 0 Å². The Kier molecular flexibility index (Phi) is 6.67. The van der Waals surface area contributed by atoms with Gasteiger partial charge >= 0.3 is 12.0 Å². The van der Waals surface area contributed by atoms with Gasteiger partial charge in [-0.2, -0.15) is 0 Å². The summed E-state index contributed by atoms with van der Waals surface area (Å²) in [7, 11) is 0. The number of nitrogens with zero attached hydrogens (tertiary/aromatic N) is 5. The molecule has 5 heterocycles. The SMILES string of the molecule is O=C(Nc1ccc2c(c1)C(=O)OC2)c1csc(C2CCN(C(=O)N3CCN(c4ccccn4)CC3)CC2)n1. The molecule has 0 bridgehead atoms. The minimum atomic E-state index is -0.372. The third-order valence-electron chi connectivity index (χ3n) is 7.34. The van der Waals surface area contributed by atoms with Crippen molar-refractivity contribution in [1.29, 1.82) is 0 Å². The van der Waals surface area contributed by atoms with E-state index in [1.54, 1.807) is 29.8 Å². The van der Waals surface area contributed by atoms with Crippen LogP contribution >= 0.6 is 11.3 Å². The Morgan fingerprint density at radius 2 is 1.79 bits per heavy atom.